The minimum Gasteiger partial charge on any atom is -0.363 e. The maximum Gasteiger partial charge on any atom is 0.246 e. The van der Waals surface area contributed by atoms with E-state index in [2.05, 4.69) is 41.8 Å². The normalized spacial score (nSPS) is 18.1. The van der Waals surface area contributed by atoms with E-state index in [0.29, 0.717) is 0 Å². The second-order valence-corrected chi connectivity index (χ2v) is 5.73. The molecule has 2 rings (SSSR count). The van der Waals surface area contributed by atoms with Crippen molar-refractivity contribution in [1.29, 1.82) is 0 Å². The van der Waals surface area contributed by atoms with Gasteiger partial charge < -0.3 is 15.4 Å². The Balaban J connectivity index is 1.80. The summed E-state index contributed by atoms with van der Waals surface area (Å²) in [5.74, 6) is -0.0646. The number of hydrogen-bond donors (Lipinski definition) is 2. The highest BCUT2D eigenvalue weighted by Crippen LogP contribution is 2.16. The molecule has 1 atom stereocenters. The van der Waals surface area contributed by atoms with Crippen LogP contribution in [0, 0.1) is 0 Å². The number of aryl methyl sites for hydroxylation is 1. The number of ether oxygens (including phenoxy) is 1. The van der Waals surface area contributed by atoms with Crippen LogP contribution in [0.4, 0.5) is 0 Å². The summed E-state index contributed by atoms with van der Waals surface area (Å²) in [4.78, 5) is 11.9. The van der Waals surface area contributed by atoms with Crippen molar-refractivity contribution in [2.75, 3.05) is 19.7 Å². The first-order valence-electron chi connectivity index (χ1n) is 7.25. The third-order valence-corrected chi connectivity index (χ3v) is 3.82. The Morgan fingerprint density at radius 1 is 1.40 bits per heavy atom. The molecule has 0 radical (unpaired) electrons. The molecule has 1 unspecified atom stereocenters. The number of amides is 1. The average Bonchev–Trinajstić information content (AvgIpc) is 2.43. The molecule has 0 saturated carbocycles. The van der Waals surface area contributed by atoms with Gasteiger partial charge in [0.2, 0.25) is 5.91 Å². The maximum absolute atomic E-state index is 11.9. The van der Waals surface area contributed by atoms with Crippen LogP contribution in [0.2, 0.25) is 0 Å². The molecule has 1 heterocycles. The third kappa shape index (κ3) is 3.81. The molecule has 110 valence electrons. The van der Waals surface area contributed by atoms with Crippen molar-refractivity contribution in [2.24, 2.45) is 0 Å². The van der Waals surface area contributed by atoms with Crippen molar-refractivity contribution >= 4 is 5.91 Å². The Labute approximate surface area is 120 Å². The van der Waals surface area contributed by atoms with Crippen molar-refractivity contribution < 1.29 is 9.53 Å². The fraction of sp³-hybridized carbons (Fsp3) is 0.562. The van der Waals surface area contributed by atoms with Gasteiger partial charge in [-0.2, -0.15) is 0 Å². The van der Waals surface area contributed by atoms with Gasteiger partial charge in [-0.3, -0.25) is 4.79 Å². The maximum atomic E-state index is 11.9. The average molecular weight is 276 g/mol. The van der Waals surface area contributed by atoms with E-state index in [9.17, 15) is 4.79 Å². The number of rotatable bonds is 6. The molecule has 1 fully saturated rings. The molecule has 4 heteroatoms. The zero-order chi connectivity index (χ0) is 14.6. The molecule has 1 aliphatic heterocycles. The topological polar surface area (TPSA) is 50.4 Å². The predicted octanol–water partition coefficient (Wildman–Crippen LogP) is 1.80. The number of nitrogens with one attached hydrogen (secondary N) is 2. The number of carbonyl (C=O) groups excluding carboxylic acids is 1. The van der Waals surface area contributed by atoms with Crippen LogP contribution in [0.15, 0.2) is 24.3 Å². The standard InChI is InChI=1S/C16H24N2O2/c1-4-13-5-7-14(8-6-13)12(2)18-15(19)9-20-16(3)10-17-11-16/h5-8,12,17H,4,9-11H2,1-3H3,(H,18,19). The second kappa shape index (κ2) is 6.37. The number of benzene rings is 1. The lowest BCUT2D eigenvalue weighted by atomic mass is 10.0. The van der Waals surface area contributed by atoms with Gasteiger partial charge in [-0.05, 0) is 31.4 Å². The van der Waals surface area contributed by atoms with Crippen LogP contribution in [0.5, 0.6) is 0 Å². The summed E-state index contributed by atoms with van der Waals surface area (Å²) in [7, 11) is 0. The van der Waals surface area contributed by atoms with E-state index in [-0.39, 0.29) is 24.2 Å². The molecule has 1 aromatic rings. The van der Waals surface area contributed by atoms with Crippen LogP contribution >= 0.6 is 0 Å². The van der Waals surface area contributed by atoms with Gasteiger partial charge in [-0.1, -0.05) is 31.2 Å². The lowest BCUT2D eigenvalue weighted by Crippen LogP contribution is -2.59. The fourth-order valence-electron chi connectivity index (χ4n) is 2.23. The van der Waals surface area contributed by atoms with E-state index in [0.717, 1.165) is 25.1 Å². The molecule has 2 N–H and O–H groups in total. The summed E-state index contributed by atoms with van der Waals surface area (Å²) >= 11 is 0. The molecule has 0 aromatic heterocycles. The zero-order valence-corrected chi connectivity index (χ0v) is 12.5. The lowest BCUT2D eigenvalue weighted by molar-refractivity contribution is -0.136. The van der Waals surface area contributed by atoms with E-state index < -0.39 is 0 Å². The van der Waals surface area contributed by atoms with Crippen molar-refractivity contribution in [3.8, 4) is 0 Å². The van der Waals surface area contributed by atoms with Crippen LogP contribution in [0.25, 0.3) is 0 Å². The number of carbonyl (C=O) groups is 1. The Morgan fingerprint density at radius 2 is 2.05 bits per heavy atom. The molecule has 1 aliphatic rings. The molecular weight excluding hydrogens is 252 g/mol. The van der Waals surface area contributed by atoms with Gasteiger partial charge in [0.05, 0.1) is 11.6 Å². The van der Waals surface area contributed by atoms with Gasteiger partial charge in [0.1, 0.15) is 6.61 Å². The lowest BCUT2D eigenvalue weighted by Gasteiger charge is -2.38. The van der Waals surface area contributed by atoms with Crippen molar-refractivity contribution in [3.05, 3.63) is 35.4 Å². The first-order chi connectivity index (χ1) is 9.52. The number of hydrogen-bond acceptors (Lipinski definition) is 3. The quantitative estimate of drug-likeness (QED) is 0.833. The summed E-state index contributed by atoms with van der Waals surface area (Å²) in [5.41, 5.74) is 2.25. The molecule has 1 amide bonds. The Bertz CT molecular complexity index is 452. The molecule has 0 aliphatic carbocycles. The molecule has 0 spiro atoms. The van der Waals surface area contributed by atoms with E-state index in [4.69, 9.17) is 4.74 Å². The van der Waals surface area contributed by atoms with E-state index in [1.54, 1.807) is 0 Å². The van der Waals surface area contributed by atoms with Gasteiger partial charge in [-0.25, -0.2) is 0 Å². The van der Waals surface area contributed by atoms with Crippen LogP contribution in [0.3, 0.4) is 0 Å². The smallest absolute Gasteiger partial charge is 0.246 e. The van der Waals surface area contributed by atoms with E-state index in [1.807, 2.05) is 13.8 Å². The van der Waals surface area contributed by atoms with E-state index in [1.165, 1.54) is 5.56 Å². The zero-order valence-electron chi connectivity index (χ0n) is 12.5. The van der Waals surface area contributed by atoms with Crippen molar-refractivity contribution in [1.82, 2.24) is 10.6 Å². The molecule has 1 saturated heterocycles. The highest BCUT2D eigenvalue weighted by atomic mass is 16.5. The second-order valence-electron chi connectivity index (χ2n) is 5.73. The highest BCUT2D eigenvalue weighted by molar-refractivity contribution is 5.77. The Kier molecular flexibility index (Phi) is 4.78. The summed E-state index contributed by atoms with van der Waals surface area (Å²) in [6.07, 6.45) is 1.03. The largest absolute Gasteiger partial charge is 0.363 e. The third-order valence-electron chi connectivity index (χ3n) is 3.82. The summed E-state index contributed by atoms with van der Waals surface area (Å²) in [6.45, 7) is 7.89. The van der Waals surface area contributed by atoms with Gasteiger partial charge in [0.15, 0.2) is 0 Å². The van der Waals surface area contributed by atoms with Crippen LogP contribution in [0.1, 0.15) is 37.9 Å². The minimum atomic E-state index is -0.177. The Morgan fingerprint density at radius 3 is 2.55 bits per heavy atom. The fourth-order valence-corrected chi connectivity index (χ4v) is 2.23. The van der Waals surface area contributed by atoms with Gasteiger partial charge in [-0.15, -0.1) is 0 Å². The van der Waals surface area contributed by atoms with Gasteiger partial charge in [0.25, 0.3) is 0 Å². The highest BCUT2D eigenvalue weighted by Gasteiger charge is 2.33. The van der Waals surface area contributed by atoms with Crippen LogP contribution in [-0.4, -0.2) is 31.2 Å². The summed E-state index contributed by atoms with van der Waals surface area (Å²) < 4.78 is 5.63. The van der Waals surface area contributed by atoms with E-state index >= 15 is 0 Å². The minimum absolute atomic E-state index is 0.00401. The molecule has 1 aromatic carbocycles. The molecule has 20 heavy (non-hydrogen) atoms. The van der Waals surface area contributed by atoms with Gasteiger partial charge in [0, 0.05) is 13.1 Å². The first kappa shape index (κ1) is 15.0. The van der Waals surface area contributed by atoms with Crippen molar-refractivity contribution in [3.63, 3.8) is 0 Å². The van der Waals surface area contributed by atoms with Crippen LogP contribution in [-0.2, 0) is 16.0 Å². The molecule has 0 bridgehead atoms. The molecular formula is C16H24N2O2. The van der Waals surface area contributed by atoms with Crippen LogP contribution < -0.4 is 10.6 Å². The van der Waals surface area contributed by atoms with Crippen molar-refractivity contribution in [2.45, 2.75) is 38.8 Å². The van der Waals surface area contributed by atoms with Gasteiger partial charge >= 0.3 is 0 Å². The monoisotopic (exact) mass is 276 g/mol. The molecule has 4 nitrogen and oxygen atoms in total. The SMILES string of the molecule is CCc1ccc(C(C)NC(=O)COC2(C)CNC2)cc1. The summed E-state index contributed by atoms with van der Waals surface area (Å²) in [6, 6.07) is 8.36. The first-order valence-corrected chi connectivity index (χ1v) is 7.25. The summed E-state index contributed by atoms with van der Waals surface area (Å²) in [5, 5.41) is 6.12. The predicted molar refractivity (Wildman–Crippen MR) is 79.6 cm³/mol. The Hall–Kier alpha value is -1.39.